The molecule has 2 heterocycles. The van der Waals surface area contributed by atoms with Gasteiger partial charge in [0.2, 0.25) is 0 Å². The van der Waals surface area contributed by atoms with Crippen LogP contribution in [-0.4, -0.2) is 29.0 Å². The maximum Gasteiger partial charge on any atom is 0.0991 e. The molecule has 1 aromatic carbocycles. The van der Waals surface area contributed by atoms with Crippen molar-refractivity contribution in [2.45, 2.75) is 44.6 Å². The molecule has 3 heteroatoms. The fourth-order valence-corrected chi connectivity index (χ4v) is 3.49. The molecule has 3 rings (SSSR count). The van der Waals surface area contributed by atoms with Crippen molar-refractivity contribution >= 4 is 10.9 Å². The third-order valence-corrected chi connectivity index (χ3v) is 5.21. The van der Waals surface area contributed by atoms with Gasteiger partial charge in [-0.3, -0.25) is 0 Å². The molecule has 1 atom stereocenters. The zero-order chi connectivity index (χ0) is 14.9. The minimum atomic E-state index is 0.314. The molecule has 0 aliphatic carbocycles. The van der Waals surface area contributed by atoms with Crippen LogP contribution in [0, 0.1) is 11.3 Å². The summed E-state index contributed by atoms with van der Waals surface area (Å²) >= 11 is 0. The maximum atomic E-state index is 9.07. The Morgan fingerprint density at radius 2 is 2.24 bits per heavy atom. The Labute approximate surface area is 126 Å². The molecule has 110 valence electrons. The molecule has 0 amide bonds. The van der Waals surface area contributed by atoms with Crippen molar-refractivity contribution in [2.24, 2.45) is 0 Å². The van der Waals surface area contributed by atoms with Crippen molar-refractivity contribution < 1.29 is 0 Å². The summed E-state index contributed by atoms with van der Waals surface area (Å²) in [5.74, 6) is 0. The lowest BCUT2D eigenvalue weighted by Gasteiger charge is -2.43. The Hall–Kier alpha value is -1.79. The number of aryl methyl sites for hydroxylation is 1. The molecule has 21 heavy (non-hydrogen) atoms. The van der Waals surface area contributed by atoms with Crippen LogP contribution in [0.3, 0.4) is 0 Å². The molecular weight excluding hydrogens is 258 g/mol. The van der Waals surface area contributed by atoms with Gasteiger partial charge in [0.15, 0.2) is 0 Å². The van der Waals surface area contributed by atoms with Gasteiger partial charge in [-0.15, -0.1) is 0 Å². The van der Waals surface area contributed by atoms with Gasteiger partial charge in [0.25, 0.3) is 0 Å². The fourth-order valence-electron chi connectivity index (χ4n) is 3.49. The number of H-pyrrole nitrogens is 1. The highest BCUT2D eigenvalue weighted by Gasteiger charge is 2.31. The smallest absolute Gasteiger partial charge is 0.0991 e. The average molecular weight is 281 g/mol. The third-order valence-electron chi connectivity index (χ3n) is 5.21. The fraction of sp³-hybridized carbons (Fsp3) is 0.500. The Balaban J connectivity index is 1.80. The van der Waals surface area contributed by atoms with Gasteiger partial charge < -0.3 is 9.88 Å². The largest absolute Gasteiger partial charge is 0.361 e. The maximum absolute atomic E-state index is 9.07. The first-order valence-corrected chi connectivity index (χ1v) is 7.84. The Morgan fingerprint density at radius 3 is 3.00 bits per heavy atom. The van der Waals surface area contributed by atoms with Gasteiger partial charge in [-0.1, -0.05) is 6.42 Å². The van der Waals surface area contributed by atoms with Crippen LogP contribution < -0.4 is 0 Å². The number of fused-ring (bicyclic) bond motifs is 1. The molecule has 0 saturated carbocycles. The zero-order valence-corrected chi connectivity index (χ0v) is 12.9. The number of nitrogens with one attached hydrogen (secondary N) is 1. The first-order chi connectivity index (χ1) is 10.1. The third kappa shape index (κ3) is 2.69. The number of likely N-dealkylation sites (tertiary alicyclic amines) is 1. The molecule has 0 bridgehead atoms. The van der Waals surface area contributed by atoms with Gasteiger partial charge in [-0.2, -0.15) is 5.26 Å². The lowest BCUT2D eigenvalue weighted by molar-refractivity contribution is 0.0819. The molecule has 0 radical (unpaired) electrons. The van der Waals surface area contributed by atoms with E-state index in [9.17, 15) is 0 Å². The van der Waals surface area contributed by atoms with Crippen LogP contribution in [0.1, 0.15) is 43.7 Å². The summed E-state index contributed by atoms with van der Waals surface area (Å²) in [6.07, 6.45) is 8.30. The van der Waals surface area contributed by atoms with Crippen LogP contribution in [0.15, 0.2) is 24.4 Å². The van der Waals surface area contributed by atoms with E-state index in [0.29, 0.717) is 5.54 Å². The van der Waals surface area contributed by atoms with E-state index in [-0.39, 0.29) is 0 Å². The van der Waals surface area contributed by atoms with Gasteiger partial charge in [0.1, 0.15) is 0 Å². The topological polar surface area (TPSA) is 42.8 Å². The number of piperidine rings is 1. The van der Waals surface area contributed by atoms with Crippen LogP contribution in [0.4, 0.5) is 0 Å². The predicted octanol–water partition coefficient (Wildman–Crippen LogP) is 3.85. The molecule has 1 fully saturated rings. The molecule has 1 unspecified atom stereocenters. The summed E-state index contributed by atoms with van der Waals surface area (Å²) in [4.78, 5) is 5.85. The zero-order valence-electron chi connectivity index (χ0n) is 12.9. The molecule has 3 nitrogen and oxygen atoms in total. The van der Waals surface area contributed by atoms with E-state index in [0.717, 1.165) is 17.5 Å². The molecule has 1 N–H and O–H groups in total. The summed E-state index contributed by atoms with van der Waals surface area (Å²) < 4.78 is 0. The molecule has 1 aliphatic rings. The van der Waals surface area contributed by atoms with Gasteiger partial charge in [-0.25, -0.2) is 0 Å². The van der Waals surface area contributed by atoms with Crippen LogP contribution in [-0.2, 0) is 6.42 Å². The minimum Gasteiger partial charge on any atom is -0.361 e. The normalized spacial score (nSPS) is 23.3. The average Bonchev–Trinajstić information content (AvgIpc) is 2.91. The van der Waals surface area contributed by atoms with Gasteiger partial charge in [0.05, 0.1) is 11.6 Å². The van der Waals surface area contributed by atoms with Crippen molar-refractivity contribution in [1.29, 1.82) is 5.26 Å². The lowest BCUT2D eigenvalue weighted by Crippen LogP contribution is -2.47. The van der Waals surface area contributed by atoms with E-state index in [1.165, 1.54) is 43.2 Å². The monoisotopic (exact) mass is 281 g/mol. The van der Waals surface area contributed by atoms with Crippen molar-refractivity contribution in [1.82, 2.24) is 9.88 Å². The minimum absolute atomic E-state index is 0.314. The van der Waals surface area contributed by atoms with Crippen molar-refractivity contribution in [3.8, 4) is 6.07 Å². The first-order valence-electron chi connectivity index (χ1n) is 7.84. The molecule has 1 saturated heterocycles. The number of hydrogen-bond acceptors (Lipinski definition) is 2. The van der Waals surface area contributed by atoms with E-state index >= 15 is 0 Å². The number of aromatic nitrogens is 1. The Kier molecular flexibility index (Phi) is 3.73. The second-order valence-electron chi connectivity index (χ2n) is 6.56. The van der Waals surface area contributed by atoms with E-state index in [4.69, 9.17) is 5.26 Å². The molecular formula is C18H23N3. The summed E-state index contributed by atoms with van der Waals surface area (Å²) in [7, 11) is 2.25. The molecule has 0 spiro atoms. The summed E-state index contributed by atoms with van der Waals surface area (Å²) in [5, 5.41) is 10.3. The van der Waals surface area contributed by atoms with Crippen LogP contribution >= 0.6 is 0 Å². The van der Waals surface area contributed by atoms with E-state index < -0.39 is 0 Å². The first kappa shape index (κ1) is 14.2. The highest BCUT2D eigenvalue weighted by Crippen LogP contribution is 2.32. The highest BCUT2D eigenvalue weighted by atomic mass is 15.2. The summed E-state index contributed by atoms with van der Waals surface area (Å²) in [6, 6.07) is 8.12. The summed E-state index contributed by atoms with van der Waals surface area (Å²) in [5.41, 5.74) is 3.52. The molecule has 1 aromatic heterocycles. The number of rotatable bonds is 3. The number of nitriles is 1. The van der Waals surface area contributed by atoms with Crippen LogP contribution in [0.5, 0.6) is 0 Å². The number of hydrogen-bond donors (Lipinski definition) is 1. The molecule has 2 aromatic rings. The highest BCUT2D eigenvalue weighted by molar-refractivity contribution is 5.84. The van der Waals surface area contributed by atoms with Gasteiger partial charge >= 0.3 is 0 Å². The van der Waals surface area contributed by atoms with Crippen molar-refractivity contribution in [3.63, 3.8) is 0 Å². The quantitative estimate of drug-likeness (QED) is 0.928. The van der Waals surface area contributed by atoms with Gasteiger partial charge in [0, 0.05) is 22.6 Å². The predicted molar refractivity (Wildman–Crippen MR) is 86.2 cm³/mol. The summed E-state index contributed by atoms with van der Waals surface area (Å²) in [6.45, 7) is 3.60. The SMILES string of the molecule is CN1CCCCC1(C)CCc1c[nH]c2ccc(C#N)cc12. The Morgan fingerprint density at radius 1 is 1.38 bits per heavy atom. The molecule has 1 aliphatic heterocycles. The number of nitrogens with zero attached hydrogens (tertiary/aromatic N) is 2. The van der Waals surface area contributed by atoms with E-state index in [1.807, 2.05) is 18.2 Å². The number of benzene rings is 1. The lowest BCUT2D eigenvalue weighted by atomic mass is 9.84. The Bertz CT molecular complexity index is 679. The van der Waals surface area contributed by atoms with Crippen molar-refractivity contribution in [2.75, 3.05) is 13.6 Å². The second kappa shape index (κ2) is 5.54. The van der Waals surface area contributed by atoms with E-state index in [2.05, 4.69) is 36.1 Å². The van der Waals surface area contributed by atoms with Crippen LogP contribution in [0.25, 0.3) is 10.9 Å². The standard InChI is InChI=1S/C18H23N3/c1-18(8-3-4-10-21(18)2)9-7-15-13-20-17-6-5-14(12-19)11-16(15)17/h5-6,11,13,20H,3-4,7-10H2,1-2H3. The number of aromatic amines is 1. The van der Waals surface area contributed by atoms with Crippen LogP contribution in [0.2, 0.25) is 0 Å². The van der Waals surface area contributed by atoms with E-state index in [1.54, 1.807) is 0 Å². The van der Waals surface area contributed by atoms with Crippen molar-refractivity contribution in [3.05, 3.63) is 35.5 Å². The van der Waals surface area contributed by atoms with Gasteiger partial charge in [-0.05, 0) is 70.0 Å². The second-order valence-corrected chi connectivity index (χ2v) is 6.56.